The number of rotatable bonds is 9. The Morgan fingerprint density at radius 2 is 1.55 bits per heavy atom. The number of anilines is 1. The molecular weight excluding hydrogens is 1110 g/mol. The van der Waals surface area contributed by atoms with Crippen LogP contribution in [0.25, 0.3) is 10.9 Å². The molecule has 5 aliphatic heterocycles. The second-order valence-electron chi connectivity index (χ2n) is 22.6. The third kappa shape index (κ3) is 11.5. The van der Waals surface area contributed by atoms with Gasteiger partial charge in [-0.15, -0.1) is 0 Å². The van der Waals surface area contributed by atoms with Crippen LogP contribution in [0.2, 0.25) is 0 Å². The molecule has 0 spiro atoms. The molecule has 3 aromatic rings. The molecule has 0 radical (unpaired) electrons. The fourth-order valence-electron chi connectivity index (χ4n) is 11.9. The number of ketones is 3. The number of hydrogen-bond donors (Lipinski definition) is 6. The number of nitrogens with one attached hydrogen (secondary N) is 2. The average Bonchev–Trinajstić information content (AvgIpc) is 1.79. The maximum Gasteiger partial charge on any atom is 0.407 e. The number of amides is 3. The predicted octanol–water partition coefficient (Wildman–Crippen LogP) is 4.30. The summed E-state index contributed by atoms with van der Waals surface area (Å²) in [5, 5.41) is 50.1. The van der Waals surface area contributed by atoms with Gasteiger partial charge < -0.3 is 78.7 Å². The number of piperazine rings is 1. The number of aliphatic hydroxyl groups excluding tert-OH is 2. The van der Waals surface area contributed by atoms with Gasteiger partial charge in [-0.05, 0) is 38.8 Å². The first-order chi connectivity index (χ1) is 40.3. The zero-order valence-electron chi connectivity index (χ0n) is 48.7. The normalized spacial score (nSPS) is 26.9. The maximum atomic E-state index is 16.1. The monoisotopic (exact) mass is 1180 g/mol. The Morgan fingerprint density at radius 1 is 0.871 bits per heavy atom. The lowest BCUT2D eigenvalue weighted by atomic mass is 9.78. The Hall–Kier alpha value is -8.13. The summed E-state index contributed by atoms with van der Waals surface area (Å²) in [6.45, 7) is 11.2. The number of morpholine rings is 1. The van der Waals surface area contributed by atoms with E-state index in [4.69, 9.17) is 28.4 Å². The number of allylic oxidation sites excluding steroid dienone is 4. The Morgan fingerprint density at radius 3 is 2.19 bits per heavy atom. The SMILES string of the molecule is COc1c(N2CCN(C(=O)CNC(=O)O[C@H]3[C@H](C)[C@H](O)[C@H](C)[C@@H](O)[C@@H](C)C=CC=C(C)C(=O)NC4=C(N5CCOCC5)C(=O)c5c(c(O)c(C)c6c5C(=O)[C@@](C)(OC=C[C@H](OC)[C@H]3C)O6)C4=O)CC2)c(F)cc2c(=O)c(C(=O)O)cn(C3CC3)c12. The molecule has 25 heteroatoms. The number of alkyl carbamates (subject to hydrolysis) is 1. The number of aromatic hydroxyl groups is 1. The van der Waals surface area contributed by atoms with E-state index in [0.29, 0.717) is 0 Å². The maximum absolute atomic E-state index is 16.1. The molecule has 0 unspecified atom stereocenters. The molecule has 5 bridgehead atoms. The highest BCUT2D eigenvalue weighted by Crippen LogP contribution is 2.49. The van der Waals surface area contributed by atoms with Crippen LogP contribution >= 0.6 is 0 Å². The lowest BCUT2D eigenvalue weighted by Crippen LogP contribution is -2.52. The first kappa shape index (κ1) is 61.4. The minimum Gasteiger partial charge on any atom is -0.507 e. The van der Waals surface area contributed by atoms with E-state index in [0.717, 1.165) is 25.2 Å². The van der Waals surface area contributed by atoms with Crippen molar-refractivity contribution in [1.29, 1.82) is 0 Å². The van der Waals surface area contributed by atoms with Crippen molar-refractivity contribution in [2.24, 2.45) is 23.7 Å². The largest absolute Gasteiger partial charge is 0.507 e. The molecule has 1 aromatic heterocycles. The molecule has 6 N–H and O–H groups in total. The number of aromatic carboxylic acids is 1. The number of aromatic nitrogens is 1. The summed E-state index contributed by atoms with van der Waals surface area (Å²) < 4.78 is 53.1. The number of phenols is 1. The van der Waals surface area contributed by atoms with Crippen LogP contribution in [0.3, 0.4) is 0 Å². The quantitative estimate of drug-likeness (QED) is 0.174. The van der Waals surface area contributed by atoms with Crippen molar-refractivity contribution >= 4 is 57.8 Å². The summed E-state index contributed by atoms with van der Waals surface area (Å²) in [6, 6.07) is 0.905. The van der Waals surface area contributed by atoms with E-state index >= 15 is 4.39 Å². The van der Waals surface area contributed by atoms with Crippen molar-refractivity contribution < 1.29 is 86.8 Å². The molecule has 85 heavy (non-hydrogen) atoms. The number of halogens is 1. The van der Waals surface area contributed by atoms with E-state index in [1.54, 1.807) is 48.1 Å². The summed E-state index contributed by atoms with van der Waals surface area (Å²) >= 11 is 0. The standard InChI is InChI=1S/C60H71FN6O18/c1-28-11-10-12-29(2)57(76)63-43-46(66-20-23-82-24-21-66)52(74)40-41(51(43)73)49(71)33(6)54-42(40)56(75)60(7,85-54)83-22-15-38(80-8)30(3)53(32(5)48(70)31(4)47(28)69)84-59(79)62-26-39(68)64-16-18-65(19-17-64)45-37(61)25-35-44(55(45)81-9)67(34-13-14-34)27-36(50(35)72)58(77)78/h10-12,15,22,25,27-28,30-32,34,38,47-48,53,69-71H,13-14,16-21,23-24,26H2,1-9H3,(H,62,79)(H,63,76)(H,77,78)/t28-,30+,31+,32+,38-,47-,48+,53+,60-/m0/s1. The van der Waals surface area contributed by atoms with Crippen LogP contribution in [0.15, 0.2) is 64.6 Å². The number of ether oxygens (including phenoxy) is 6. The lowest BCUT2D eigenvalue weighted by molar-refractivity contribution is -0.130. The number of fused-ring (bicyclic) bond motifs is 15. The number of phenolic OH excluding ortho intramolecular Hbond substituents is 1. The van der Waals surface area contributed by atoms with Crippen molar-refractivity contribution in [3.8, 4) is 17.2 Å². The van der Waals surface area contributed by atoms with Crippen LogP contribution in [0.4, 0.5) is 14.9 Å². The summed E-state index contributed by atoms with van der Waals surface area (Å²) in [5.41, 5.74) is -2.92. The van der Waals surface area contributed by atoms with Gasteiger partial charge in [0, 0.05) is 100 Å². The van der Waals surface area contributed by atoms with Gasteiger partial charge in [0.1, 0.15) is 46.8 Å². The van der Waals surface area contributed by atoms with Crippen molar-refractivity contribution in [1.82, 2.24) is 25.0 Å². The highest BCUT2D eigenvalue weighted by atomic mass is 19.1. The van der Waals surface area contributed by atoms with Crippen LogP contribution in [0, 0.1) is 36.4 Å². The Labute approximate surface area is 488 Å². The van der Waals surface area contributed by atoms with Crippen molar-refractivity contribution in [3.63, 3.8) is 0 Å². The van der Waals surface area contributed by atoms with Crippen LogP contribution in [0.1, 0.15) is 107 Å². The second kappa shape index (κ2) is 24.5. The van der Waals surface area contributed by atoms with E-state index in [9.17, 15) is 58.8 Å². The molecule has 7 aliphatic rings. The van der Waals surface area contributed by atoms with E-state index in [1.165, 1.54) is 64.3 Å². The Bertz CT molecular complexity index is 3450. The van der Waals surface area contributed by atoms with Crippen molar-refractivity contribution in [3.05, 3.63) is 104 Å². The summed E-state index contributed by atoms with van der Waals surface area (Å²) in [5.74, 6) is -12.6. The van der Waals surface area contributed by atoms with Crippen molar-refractivity contribution in [2.75, 3.05) is 78.1 Å². The van der Waals surface area contributed by atoms with Gasteiger partial charge in [-0.2, -0.15) is 0 Å². The first-order valence-electron chi connectivity index (χ1n) is 28.2. The number of carboxylic acids is 1. The number of Topliss-reactive ketones (excluding diaryl/α,β-unsaturated/α-hetero) is 3. The zero-order chi connectivity index (χ0) is 61.7. The van der Waals surface area contributed by atoms with Crippen LogP contribution in [-0.2, 0) is 28.5 Å². The van der Waals surface area contributed by atoms with Crippen molar-refractivity contribution in [2.45, 2.75) is 97.6 Å². The summed E-state index contributed by atoms with van der Waals surface area (Å²) in [4.78, 5) is 116. The van der Waals surface area contributed by atoms with Gasteiger partial charge in [0.15, 0.2) is 11.6 Å². The number of carboxylic acid groups (broad SMARTS) is 1. The van der Waals surface area contributed by atoms with Gasteiger partial charge in [-0.1, -0.05) is 45.9 Å². The van der Waals surface area contributed by atoms with Crippen LogP contribution < -0.4 is 30.4 Å². The van der Waals surface area contributed by atoms with E-state index in [2.05, 4.69) is 10.6 Å². The van der Waals surface area contributed by atoms with Crippen LogP contribution in [0.5, 0.6) is 17.2 Å². The topological polar surface area (TPSA) is 312 Å². The number of carbonyl (C=O) groups is 7. The van der Waals surface area contributed by atoms with Gasteiger partial charge in [-0.3, -0.25) is 28.8 Å². The second-order valence-corrected chi connectivity index (χ2v) is 22.6. The average molecular weight is 1180 g/mol. The smallest absolute Gasteiger partial charge is 0.407 e. The third-order valence-corrected chi connectivity index (χ3v) is 17.1. The summed E-state index contributed by atoms with van der Waals surface area (Å²) in [7, 11) is 2.69. The summed E-state index contributed by atoms with van der Waals surface area (Å²) in [6.07, 6.45) is 3.87. The molecule has 3 fully saturated rings. The molecule has 2 saturated heterocycles. The van der Waals surface area contributed by atoms with Gasteiger partial charge >= 0.3 is 17.8 Å². The first-order valence-corrected chi connectivity index (χ1v) is 28.2. The van der Waals surface area contributed by atoms with Gasteiger partial charge in [-0.25, -0.2) is 14.0 Å². The number of pyridine rings is 1. The Kier molecular flexibility index (Phi) is 17.7. The minimum absolute atomic E-state index is 0.0411. The number of benzene rings is 2. The number of methoxy groups -OCH3 is 2. The molecule has 456 valence electrons. The van der Waals surface area contributed by atoms with E-state index in [1.807, 2.05) is 0 Å². The number of carbonyl (C=O) groups excluding carboxylic acids is 6. The molecule has 6 heterocycles. The molecule has 2 aliphatic carbocycles. The van der Waals surface area contributed by atoms with Crippen LogP contribution in [-0.4, -0.2) is 179 Å². The van der Waals surface area contributed by atoms with Gasteiger partial charge in [0.2, 0.25) is 22.9 Å². The minimum atomic E-state index is -2.20. The van der Waals surface area contributed by atoms with E-state index < -0.39 is 141 Å². The number of nitrogens with zero attached hydrogens (tertiary/aromatic N) is 4. The molecule has 2 aromatic carbocycles. The third-order valence-electron chi connectivity index (χ3n) is 17.1. The number of hydrogen-bond acceptors (Lipinski definition) is 19. The Balaban J connectivity index is 0.957. The molecular formula is C60H71FN6O18. The zero-order valence-corrected chi connectivity index (χ0v) is 48.7. The highest BCUT2D eigenvalue weighted by Gasteiger charge is 2.53. The fourth-order valence-corrected chi connectivity index (χ4v) is 11.9. The highest BCUT2D eigenvalue weighted by molar-refractivity contribution is 6.32. The van der Waals surface area contributed by atoms with Gasteiger partial charge in [0.05, 0.1) is 72.5 Å². The number of aliphatic hydroxyl groups is 2. The molecule has 24 nitrogen and oxygen atoms in total. The molecule has 9 atom stereocenters. The van der Waals surface area contributed by atoms with Gasteiger partial charge in [0.25, 0.3) is 11.7 Å². The van der Waals surface area contributed by atoms with E-state index in [-0.39, 0.29) is 109 Å². The molecule has 10 rings (SSSR count). The molecule has 1 saturated carbocycles. The predicted molar refractivity (Wildman–Crippen MR) is 302 cm³/mol. The molecule has 3 amide bonds. The lowest BCUT2D eigenvalue weighted by Gasteiger charge is -2.38. The fraction of sp³-hybridized carbons (Fsp3) is 0.500.